The van der Waals surface area contributed by atoms with E-state index in [9.17, 15) is 15.8 Å². The molecule has 1 spiro atoms. The maximum absolute atomic E-state index is 10.2. The number of fused-ring (bicyclic) bond motifs is 2. The Kier molecular flexibility index (Phi) is 3.67. The molecule has 136 valence electrons. The van der Waals surface area contributed by atoms with Crippen LogP contribution in [0.2, 0.25) is 0 Å². The van der Waals surface area contributed by atoms with E-state index < -0.39 is 28.6 Å². The molecule has 1 aromatic carbocycles. The quantitative estimate of drug-likeness (QED) is 0.861. The number of methoxy groups -OCH3 is 1. The topological polar surface area (TPSA) is 123 Å². The van der Waals surface area contributed by atoms with E-state index in [4.69, 9.17) is 19.6 Å². The second kappa shape index (κ2) is 5.71. The molecule has 0 aromatic heterocycles. The monoisotopic (exact) mass is 362 g/mol. The number of hydrogen-bond donors (Lipinski definition) is 1. The highest BCUT2D eigenvalue weighted by Gasteiger charge is 2.80. The molecule has 1 aromatic rings. The molecule has 4 fully saturated rings. The molecule has 5 rings (SSSR count). The number of hydrogen-bond acceptors (Lipinski definition) is 7. The van der Waals surface area contributed by atoms with Gasteiger partial charge in [0.1, 0.15) is 11.9 Å². The minimum atomic E-state index is -1.87. The van der Waals surface area contributed by atoms with E-state index in [0.717, 1.165) is 12.8 Å². The van der Waals surface area contributed by atoms with Gasteiger partial charge in [0.2, 0.25) is 11.7 Å². The number of ether oxygens (including phenoxy) is 3. The van der Waals surface area contributed by atoms with Gasteiger partial charge in [-0.1, -0.05) is 24.6 Å². The summed E-state index contributed by atoms with van der Waals surface area (Å²) in [4.78, 5) is 0. The van der Waals surface area contributed by atoms with Gasteiger partial charge in [-0.2, -0.15) is 15.8 Å². The molecule has 0 unspecified atom stereocenters. The molecule has 1 N–H and O–H groups in total. The van der Waals surface area contributed by atoms with Crippen molar-refractivity contribution >= 4 is 5.90 Å². The van der Waals surface area contributed by atoms with Crippen LogP contribution in [0.1, 0.15) is 37.4 Å². The van der Waals surface area contributed by atoms with Gasteiger partial charge in [-0.15, -0.1) is 0 Å². The lowest BCUT2D eigenvalue weighted by molar-refractivity contribution is -0.360. The number of rotatable bonds is 2. The normalized spacial score (nSPS) is 35.7. The highest BCUT2D eigenvalue weighted by atomic mass is 16.7. The SMILES string of the molecule is COc1ccccc1[C@H]1O[C@@]23CCCC[C@@H]2C(C#N)(C#N)[C@]1(C#N)C(=N)O3. The first kappa shape index (κ1) is 17.3. The zero-order chi connectivity index (χ0) is 19.3. The van der Waals surface area contributed by atoms with E-state index in [1.807, 2.05) is 0 Å². The van der Waals surface area contributed by atoms with Crippen LogP contribution in [0, 0.1) is 56.2 Å². The van der Waals surface area contributed by atoms with Gasteiger partial charge in [0.15, 0.2) is 10.8 Å². The second-order valence-electron chi connectivity index (χ2n) is 7.23. The molecule has 0 amide bonds. The summed E-state index contributed by atoms with van der Waals surface area (Å²) in [7, 11) is 1.50. The maximum atomic E-state index is 10.2. The van der Waals surface area contributed by atoms with Gasteiger partial charge in [-0.05, 0) is 18.9 Å². The Hall–Kier alpha value is -3.08. The first-order chi connectivity index (χ1) is 13.0. The number of nitrogens with one attached hydrogen (secondary N) is 1. The third-order valence-corrected chi connectivity index (χ3v) is 6.24. The van der Waals surface area contributed by atoms with Crippen LogP contribution in [0.25, 0.3) is 0 Å². The second-order valence-corrected chi connectivity index (χ2v) is 7.23. The Morgan fingerprint density at radius 3 is 2.56 bits per heavy atom. The first-order valence-corrected chi connectivity index (χ1v) is 8.88. The van der Waals surface area contributed by atoms with Gasteiger partial charge in [0.25, 0.3) is 0 Å². The highest BCUT2D eigenvalue weighted by molar-refractivity contribution is 5.89. The molecule has 1 saturated carbocycles. The Morgan fingerprint density at radius 2 is 1.89 bits per heavy atom. The van der Waals surface area contributed by atoms with Crippen LogP contribution in [0.4, 0.5) is 0 Å². The zero-order valence-corrected chi connectivity index (χ0v) is 14.9. The van der Waals surface area contributed by atoms with Crippen LogP contribution in [0.3, 0.4) is 0 Å². The summed E-state index contributed by atoms with van der Waals surface area (Å²) in [6.07, 6.45) is 1.62. The van der Waals surface area contributed by atoms with Crippen LogP contribution < -0.4 is 4.74 Å². The predicted octanol–water partition coefficient (Wildman–Crippen LogP) is 3.20. The average molecular weight is 362 g/mol. The standard InChI is InChI=1S/C20H18N4O3/c1-25-14-7-3-2-6-13(14)16-19(12-23)17(24)27-20(26-16)9-5-4-8-15(20)18(19,10-21)11-22/h2-3,6-7,15-16,24H,4-5,8-9H2,1H3/t15-,16-,19+,20-/m1/s1. The van der Waals surface area contributed by atoms with Crippen molar-refractivity contribution in [1.29, 1.82) is 21.2 Å². The Balaban J connectivity index is 2.03. The number of para-hydroxylation sites is 1. The van der Waals surface area contributed by atoms with Crippen LogP contribution in [-0.2, 0) is 9.47 Å². The Bertz CT molecular complexity index is 926. The van der Waals surface area contributed by atoms with Gasteiger partial charge >= 0.3 is 0 Å². The molecule has 3 heterocycles. The molecule has 4 aliphatic rings. The van der Waals surface area contributed by atoms with Crippen molar-refractivity contribution < 1.29 is 14.2 Å². The summed E-state index contributed by atoms with van der Waals surface area (Å²) < 4.78 is 17.6. The molecule has 3 aliphatic heterocycles. The third kappa shape index (κ3) is 1.84. The molecule has 4 atom stereocenters. The molecule has 2 bridgehead atoms. The summed E-state index contributed by atoms with van der Waals surface area (Å²) in [6, 6.07) is 13.4. The lowest BCUT2D eigenvalue weighted by Crippen LogP contribution is -2.73. The van der Waals surface area contributed by atoms with Gasteiger partial charge in [0, 0.05) is 12.0 Å². The fourth-order valence-corrected chi connectivity index (χ4v) is 5.00. The highest BCUT2D eigenvalue weighted by Crippen LogP contribution is 2.69. The minimum Gasteiger partial charge on any atom is -0.496 e. The van der Waals surface area contributed by atoms with Crippen molar-refractivity contribution in [2.75, 3.05) is 7.11 Å². The van der Waals surface area contributed by atoms with Crippen LogP contribution in [0.5, 0.6) is 5.75 Å². The molecule has 3 saturated heterocycles. The molecule has 0 radical (unpaired) electrons. The summed E-state index contributed by atoms with van der Waals surface area (Å²) in [5.74, 6) is -1.72. The molecular formula is C20H18N4O3. The largest absolute Gasteiger partial charge is 0.496 e. The molecular weight excluding hydrogens is 344 g/mol. The smallest absolute Gasteiger partial charge is 0.218 e. The Labute approximate surface area is 157 Å². The van der Waals surface area contributed by atoms with Crippen molar-refractivity contribution in [2.24, 2.45) is 16.7 Å². The van der Waals surface area contributed by atoms with E-state index in [2.05, 4.69) is 18.2 Å². The predicted molar refractivity (Wildman–Crippen MR) is 92.0 cm³/mol. The summed E-state index contributed by atoms with van der Waals surface area (Å²) >= 11 is 0. The van der Waals surface area contributed by atoms with E-state index in [-0.39, 0.29) is 5.90 Å². The van der Waals surface area contributed by atoms with Gasteiger partial charge in [-0.25, -0.2) is 0 Å². The fourth-order valence-electron chi connectivity index (χ4n) is 5.00. The lowest BCUT2D eigenvalue weighted by Gasteiger charge is -2.63. The molecule has 7 nitrogen and oxygen atoms in total. The zero-order valence-electron chi connectivity index (χ0n) is 14.9. The van der Waals surface area contributed by atoms with Crippen molar-refractivity contribution in [1.82, 2.24) is 0 Å². The minimum absolute atomic E-state index is 0.367. The van der Waals surface area contributed by atoms with E-state index in [1.54, 1.807) is 24.3 Å². The number of benzene rings is 1. The van der Waals surface area contributed by atoms with Crippen molar-refractivity contribution in [3.63, 3.8) is 0 Å². The third-order valence-electron chi connectivity index (χ3n) is 6.24. The summed E-state index contributed by atoms with van der Waals surface area (Å²) in [5, 5.41) is 39.1. The van der Waals surface area contributed by atoms with Crippen molar-refractivity contribution in [2.45, 2.75) is 37.6 Å². The van der Waals surface area contributed by atoms with Crippen LogP contribution in [-0.4, -0.2) is 18.8 Å². The summed E-state index contributed by atoms with van der Waals surface area (Å²) in [6.45, 7) is 0. The van der Waals surface area contributed by atoms with Crippen LogP contribution in [0.15, 0.2) is 24.3 Å². The molecule has 27 heavy (non-hydrogen) atoms. The van der Waals surface area contributed by atoms with E-state index in [0.29, 0.717) is 24.2 Å². The van der Waals surface area contributed by atoms with Crippen molar-refractivity contribution in [3.8, 4) is 24.0 Å². The van der Waals surface area contributed by atoms with Gasteiger partial charge in [0.05, 0.1) is 31.2 Å². The Morgan fingerprint density at radius 1 is 1.15 bits per heavy atom. The molecule has 7 heteroatoms. The van der Waals surface area contributed by atoms with Crippen molar-refractivity contribution in [3.05, 3.63) is 29.8 Å². The fraction of sp³-hybridized carbons (Fsp3) is 0.500. The lowest BCUT2D eigenvalue weighted by atomic mass is 9.48. The number of nitrogens with zero attached hydrogens (tertiary/aromatic N) is 3. The van der Waals surface area contributed by atoms with E-state index >= 15 is 0 Å². The first-order valence-electron chi connectivity index (χ1n) is 8.88. The molecule has 1 aliphatic carbocycles. The number of nitriles is 3. The van der Waals surface area contributed by atoms with Crippen LogP contribution >= 0.6 is 0 Å². The van der Waals surface area contributed by atoms with Gasteiger partial charge < -0.3 is 14.2 Å². The van der Waals surface area contributed by atoms with E-state index in [1.165, 1.54) is 7.11 Å². The average Bonchev–Trinajstić information content (AvgIpc) is 2.71. The summed E-state index contributed by atoms with van der Waals surface area (Å²) in [5.41, 5.74) is -3.07. The van der Waals surface area contributed by atoms with Gasteiger partial charge in [-0.3, -0.25) is 5.41 Å². The maximum Gasteiger partial charge on any atom is 0.218 e.